The molecule has 0 unspecified atom stereocenters. The van der Waals surface area contributed by atoms with Gasteiger partial charge in [-0.25, -0.2) is 0 Å². The van der Waals surface area contributed by atoms with Gasteiger partial charge in [0.1, 0.15) is 5.82 Å². The van der Waals surface area contributed by atoms with Crippen LogP contribution in [-0.4, -0.2) is 36.5 Å². The first-order valence-electron chi connectivity index (χ1n) is 6.78. The summed E-state index contributed by atoms with van der Waals surface area (Å²) in [5.74, 6) is 0.481. The fourth-order valence-corrected chi connectivity index (χ4v) is 2.49. The van der Waals surface area contributed by atoms with Crippen molar-refractivity contribution in [3.63, 3.8) is 0 Å². The van der Waals surface area contributed by atoms with E-state index in [1.54, 1.807) is 6.07 Å². The van der Waals surface area contributed by atoms with Crippen LogP contribution in [0.15, 0.2) is 28.4 Å². The topological polar surface area (TPSA) is 118 Å². The number of rotatable bonds is 3. The van der Waals surface area contributed by atoms with Crippen LogP contribution in [-0.2, 0) is 4.74 Å². The predicted molar refractivity (Wildman–Crippen MR) is 86.1 cm³/mol. The molecule has 1 aliphatic heterocycles. The summed E-state index contributed by atoms with van der Waals surface area (Å²) < 4.78 is 5.34. The zero-order chi connectivity index (χ0) is 15.5. The number of nitrogens with one attached hydrogen (secondary N) is 1. The minimum absolute atomic E-state index is 0.206. The van der Waals surface area contributed by atoms with Gasteiger partial charge in [0.05, 0.1) is 29.6 Å². The van der Waals surface area contributed by atoms with Crippen LogP contribution >= 0.6 is 11.6 Å². The SMILES string of the molecule is Nc1n[nH]c(N)c1N=Nc1ccc(N2CCOCC2)c(Cl)c1. The lowest BCUT2D eigenvalue weighted by Gasteiger charge is -2.29. The van der Waals surface area contributed by atoms with Crippen LogP contribution < -0.4 is 16.4 Å². The molecule has 2 heterocycles. The highest BCUT2D eigenvalue weighted by molar-refractivity contribution is 6.33. The Morgan fingerprint density at radius 2 is 2.00 bits per heavy atom. The molecule has 1 saturated heterocycles. The molecule has 5 N–H and O–H groups in total. The third kappa shape index (κ3) is 2.97. The summed E-state index contributed by atoms with van der Waals surface area (Å²) in [7, 11) is 0. The number of H-pyrrole nitrogens is 1. The van der Waals surface area contributed by atoms with Gasteiger partial charge in [0.25, 0.3) is 0 Å². The largest absolute Gasteiger partial charge is 0.382 e. The van der Waals surface area contributed by atoms with E-state index in [2.05, 4.69) is 25.3 Å². The number of hydrogen-bond donors (Lipinski definition) is 3. The van der Waals surface area contributed by atoms with Crippen LogP contribution in [0.1, 0.15) is 0 Å². The van der Waals surface area contributed by atoms with E-state index in [-0.39, 0.29) is 11.6 Å². The summed E-state index contributed by atoms with van der Waals surface area (Å²) in [6.07, 6.45) is 0. The van der Waals surface area contributed by atoms with Gasteiger partial charge in [-0.05, 0) is 18.2 Å². The van der Waals surface area contributed by atoms with E-state index in [0.29, 0.717) is 29.6 Å². The lowest BCUT2D eigenvalue weighted by Crippen LogP contribution is -2.36. The number of ether oxygens (including phenoxy) is 1. The fraction of sp³-hybridized carbons (Fsp3) is 0.308. The average Bonchev–Trinajstić information content (AvgIpc) is 2.85. The molecule has 0 spiro atoms. The first-order chi connectivity index (χ1) is 10.6. The number of nitrogen functional groups attached to an aromatic ring is 2. The molecule has 0 saturated carbocycles. The van der Waals surface area contributed by atoms with Crippen LogP contribution in [0.25, 0.3) is 0 Å². The maximum atomic E-state index is 6.33. The van der Waals surface area contributed by atoms with E-state index < -0.39 is 0 Å². The average molecular weight is 322 g/mol. The fourth-order valence-electron chi connectivity index (χ4n) is 2.20. The highest BCUT2D eigenvalue weighted by Gasteiger charge is 2.14. The van der Waals surface area contributed by atoms with Gasteiger partial charge in [-0.15, -0.1) is 5.11 Å². The summed E-state index contributed by atoms with van der Waals surface area (Å²) >= 11 is 6.33. The molecule has 0 bridgehead atoms. The van der Waals surface area contributed by atoms with Crippen molar-refractivity contribution >= 4 is 40.3 Å². The molecule has 0 radical (unpaired) electrons. The van der Waals surface area contributed by atoms with E-state index in [0.717, 1.165) is 18.8 Å². The summed E-state index contributed by atoms with van der Waals surface area (Å²) in [4.78, 5) is 2.18. The molecule has 1 aromatic heterocycles. The van der Waals surface area contributed by atoms with Crippen molar-refractivity contribution in [2.45, 2.75) is 0 Å². The number of aromatic amines is 1. The Morgan fingerprint density at radius 1 is 1.23 bits per heavy atom. The summed E-state index contributed by atoms with van der Waals surface area (Å²) in [6.45, 7) is 3.05. The number of nitrogens with zero attached hydrogens (tertiary/aromatic N) is 4. The van der Waals surface area contributed by atoms with Crippen LogP contribution in [0.3, 0.4) is 0 Å². The first-order valence-corrected chi connectivity index (χ1v) is 7.16. The van der Waals surface area contributed by atoms with Crippen molar-refractivity contribution < 1.29 is 4.74 Å². The van der Waals surface area contributed by atoms with E-state index in [1.807, 2.05) is 12.1 Å². The van der Waals surface area contributed by atoms with E-state index in [4.69, 9.17) is 27.8 Å². The summed E-state index contributed by atoms with van der Waals surface area (Å²) in [6, 6.07) is 5.51. The molecule has 116 valence electrons. The number of azo groups is 1. The van der Waals surface area contributed by atoms with Gasteiger partial charge < -0.3 is 21.1 Å². The van der Waals surface area contributed by atoms with Gasteiger partial charge in [-0.3, -0.25) is 5.10 Å². The van der Waals surface area contributed by atoms with Crippen molar-refractivity contribution in [1.82, 2.24) is 10.2 Å². The van der Waals surface area contributed by atoms with Crippen molar-refractivity contribution in [3.8, 4) is 0 Å². The molecule has 1 fully saturated rings. The van der Waals surface area contributed by atoms with Gasteiger partial charge in [-0.2, -0.15) is 10.2 Å². The quantitative estimate of drug-likeness (QED) is 0.750. The standard InChI is InChI=1S/C13H16ClN7O/c14-9-7-8(17-18-11-12(15)19-20-13(11)16)1-2-10(9)21-3-5-22-6-4-21/h1-2,7H,3-6H2,(H5,15,16,19,20). The van der Waals surface area contributed by atoms with Crippen LogP contribution in [0.2, 0.25) is 5.02 Å². The molecule has 2 aromatic rings. The number of anilines is 3. The van der Waals surface area contributed by atoms with Gasteiger partial charge in [0.2, 0.25) is 0 Å². The maximum Gasteiger partial charge on any atom is 0.175 e. The number of hydrogen-bond acceptors (Lipinski definition) is 7. The second kappa shape index (κ2) is 6.20. The van der Waals surface area contributed by atoms with Crippen LogP contribution in [0.5, 0.6) is 0 Å². The Morgan fingerprint density at radius 3 is 2.64 bits per heavy atom. The van der Waals surface area contributed by atoms with Crippen molar-refractivity contribution in [1.29, 1.82) is 0 Å². The molecular weight excluding hydrogens is 306 g/mol. The molecule has 0 amide bonds. The Bertz CT molecular complexity index is 674. The molecular formula is C13H16ClN7O. The Balaban J connectivity index is 1.80. The van der Waals surface area contributed by atoms with Crippen LogP contribution in [0, 0.1) is 0 Å². The van der Waals surface area contributed by atoms with Gasteiger partial charge >= 0.3 is 0 Å². The van der Waals surface area contributed by atoms with Crippen molar-refractivity contribution in [3.05, 3.63) is 23.2 Å². The molecule has 22 heavy (non-hydrogen) atoms. The minimum atomic E-state index is 0.206. The van der Waals surface area contributed by atoms with Gasteiger partial charge in [0.15, 0.2) is 11.5 Å². The highest BCUT2D eigenvalue weighted by Crippen LogP contribution is 2.32. The van der Waals surface area contributed by atoms with Crippen molar-refractivity contribution in [2.24, 2.45) is 10.2 Å². The Hall–Kier alpha value is -2.32. The summed E-state index contributed by atoms with van der Waals surface area (Å²) in [5, 5.41) is 15.0. The first kappa shape index (κ1) is 14.6. The third-order valence-corrected chi connectivity index (χ3v) is 3.65. The predicted octanol–water partition coefficient (Wildman–Crippen LogP) is 2.48. The minimum Gasteiger partial charge on any atom is -0.382 e. The Kier molecular flexibility index (Phi) is 4.12. The normalized spacial score (nSPS) is 15.6. The van der Waals surface area contributed by atoms with E-state index in [9.17, 15) is 0 Å². The molecule has 9 heteroatoms. The Labute approximate surface area is 132 Å². The molecule has 8 nitrogen and oxygen atoms in total. The zero-order valence-electron chi connectivity index (χ0n) is 11.8. The molecule has 1 aromatic carbocycles. The van der Waals surface area contributed by atoms with Gasteiger partial charge in [0, 0.05) is 13.1 Å². The molecule has 1 aliphatic rings. The van der Waals surface area contributed by atoms with Crippen LogP contribution in [0.4, 0.5) is 28.7 Å². The summed E-state index contributed by atoms with van der Waals surface area (Å²) in [5.41, 5.74) is 13.2. The molecule has 3 rings (SSSR count). The second-order valence-corrected chi connectivity index (χ2v) is 5.21. The number of halogens is 1. The van der Waals surface area contributed by atoms with E-state index >= 15 is 0 Å². The van der Waals surface area contributed by atoms with Gasteiger partial charge in [-0.1, -0.05) is 11.6 Å². The zero-order valence-corrected chi connectivity index (χ0v) is 12.5. The van der Waals surface area contributed by atoms with Crippen molar-refractivity contribution in [2.75, 3.05) is 42.7 Å². The van der Waals surface area contributed by atoms with E-state index in [1.165, 1.54) is 0 Å². The number of nitrogens with two attached hydrogens (primary N) is 2. The number of aromatic nitrogens is 2. The molecule has 0 atom stereocenters. The number of morpholine rings is 1. The smallest absolute Gasteiger partial charge is 0.175 e. The molecule has 0 aliphatic carbocycles. The lowest BCUT2D eigenvalue weighted by molar-refractivity contribution is 0.122. The lowest BCUT2D eigenvalue weighted by atomic mass is 10.2. The maximum absolute atomic E-state index is 6.33. The third-order valence-electron chi connectivity index (χ3n) is 3.34. The monoisotopic (exact) mass is 321 g/mol. The number of benzene rings is 1. The second-order valence-electron chi connectivity index (χ2n) is 4.81. The highest BCUT2D eigenvalue weighted by atomic mass is 35.5.